The predicted octanol–water partition coefficient (Wildman–Crippen LogP) is 3.32. The van der Waals surface area contributed by atoms with Gasteiger partial charge in [-0.05, 0) is 23.3 Å². The molecule has 0 amide bonds. The largest absolute Gasteiger partial charge is 0.472 e. The molecule has 1 aromatic carbocycles. The van der Waals surface area contributed by atoms with Crippen LogP contribution in [0, 0.1) is 0 Å². The fourth-order valence-corrected chi connectivity index (χ4v) is 5.25. The molecule has 3 aliphatic rings. The van der Waals surface area contributed by atoms with Gasteiger partial charge in [-0.3, -0.25) is 0 Å². The second kappa shape index (κ2) is 4.75. The van der Waals surface area contributed by atoms with Crippen molar-refractivity contribution in [2.24, 2.45) is 7.05 Å². The lowest BCUT2D eigenvalue weighted by atomic mass is 9.55. The van der Waals surface area contributed by atoms with E-state index >= 15 is 0 Å². The van der Waals surface area contributed by atoms with E-state index in [1.54, 1.807) is 12.5 Å². The zero-order valence-electron chi connectivity index (χ0n) is 14.4. The number of aromatic nitrogens is 3. The Bertz CT molecular complexity index is 1060. The minimum absolute atomic E-state index is 0.145. The van der Waals surface area contributed by atoms with E-state index in [-0.39, 0.29) is 17.4 Å². The van der Waals surface area contributed by atoms with Crippen molar-refractivity contribution in [2.45, 2.75) is 23.8 Å². The zero-order valence-corrected chi connectivity index (χ0v) is 14.4. The van der Waals surface area contributed by atoms with Gasteiger partial charge < -0.3 is 8.83 Å². The summed E-state index contributed by atoms with van der Waals surface area (Å²) >= 11 is 0. The first-order valence-electron chi connectivity index (χ1n) is 8.88. The Morgan fingerprint density at radius 3 is 2.38 bits per heavy atom. The normalized spacial score (nSPS) is 22.2. The van der Waals surface area contributed by atoms with Gasteiger partial charge in [0.2, 0.25) is 5.82 Å². The summed E-state index contributed by atoms with van der Waals surface area (Å²) in [6.45, 7) is 0. The van der Waals surface area contributed by atoms with Gasteiger partial charge in [0, 0.05) is 28.1 Å². The fourth-order valence-electron chi connectivity index (χ4n) is 5.25. The van der Waals surface area contributed by atoms with E-state index in [2.05, 4.69) is 46.1 Å². The van der Waals surface area contributed by atoms with Crippen LogP contribution in [0.3, 0.4) is 0 Å². The molecule has 0 saturated carbocycles. The second-order valence-corrected chi connectivity index (χ2v) is 7.30. The van der Waals surface area contributed by atoms with Gasteiger partial charge >= 0.3 is 0 Å². The van der Waals surface area contributed by atoms with E-state index in [0.29, 0.717) is 0 Å². The van der Waals surface area contributed by atoms with Crippen molar-refractivity contribution in [3.8, 4) is 0 Å². The smallest absolute Gasteiger partial charge is 0.265 e. The highest BCUT2D eigenvalue weighted by Gasteiger charge is 2.59. The summed E-state index contributed by atoms with van der Waals surface area (Å²) in [5.74, 6) is 1.37. The average Bonchev–Trinajstić information content (AvgIpc) is 3.44. The molecule has 0 saturated heterocycles. The van der Waals surface area contributed by atoms with Gasteiger partial charge in [0.15, 0.2) is 0 Å². The lowest BCUT2D eigenvalue weighted by Crippen LogP contribution is -2.59. The zero-order chi connectivity index (χ0) is 17.3. The van der Waals surface area contributed by atoms with Crippen LogP contribution in [0.5, 0.6) is 0 Å². The molecular weight excluding hydrogens is 326 g/mol. The maximum atomic E-state index is 5.53. The molecule has 2 atom stereocenters. The molecule has 2 aliphatic heterocycles. The number of fused-ring (bicyclic) bond motifs is 1. The number of hydrogen-bond donors (Lipinski definition) is 0. The van der Waals surface area contributed by atoms with E-state index in [4.69, 9.17) is 8.83 Å². The third-order valence-electron chi connectivity index (χ3n) is 6.29. The van der Waals surface area contributed by atoms with Crippen LogP contribution in [0.1, 0.15) is 46.5 Å². The maximum Gasteiger partial charge on any atom is 0.265 e. The molecule has 5 heteroatoms. The van der Waals surface area contributed by atoms with Crippen molar-refractivity contribution >= 4 is 0 Å². The predicted molar refractivity (Wildman–Crippen MR) is 92.6 cm³/mol. The summed E-state index contributed by atoms with van der Waals surface area (Å²) < 4.78 is 15.4. The van der Waals surface area contributed by atoms with Gasteiger partial charge in [-0.1, -0.05) is 24.3 Å². The van der Waals surface area contributed by atoms with Gasteiger partial charge in [0.1, 0.15) is 6.04 Å². The van der Waals surface area contributed by atoms with Crippen molar-refractivity contribution < 1.29 is 13.4 Å². The molecule has 2 bridgehead atoms. The van der Waals surface area contributed by atoms with Crippen molar-refractivity contribution in [1.82, 2.24) is 9.78 Å². The molecule has 1 aliphatic carbocycles. The first-order chi connectivity index (χ1) is 12.8. The molecule has 7 rings (SSSR count). The van der Waals surface area contributed by atoms with Crippen molar-refractivity contribution in [2.75, 3.05) is 0 Å². The van der Waals surface area contributed by atoms with Gasteiger partial charge in [-0.15, -0.1) is 4.68 Å². The van der Waals surface area contributed by atoms with Crippen LogP contribution in [0.4, 0.5) is 0 Å². The number of aryl methyl sites for hydroxylation is 1. The monoisotopic (exact) mass is 344 g/mol. The van der Waals surface area contributed by atoms with Gasteiger partial charge in [-0.2, -0.15) is 0 Å². The Hall–Kier alpha value is -3.08. The molecule has 128 valence electrons. The standard InChI is InChI=1S/C21H18N3O2/c1-23-20-19-17-5-3-2-4-16(17)18(24(20)13-22-23)10-21(19,14-6-8-25-11-14)15-7-9-26-12-15/h2-9,11-13,18-19H,10H2,1H3/q+1/t18-,19+/m1/s1. The Balaban J connectivity index is 1.74. The molecule has 0 fully saturated rings. The van der Waals surface area contributed by atoms with Gasteiger partial charge in [-0.25, -0.2) is 4.57 Å². The highest BCUT2D eigenvalue weighted by atomic mass is 16.3. The Morgan fingerprint density at radius 1 is 1.04 bits per heavy atom. The number of nitrogens with zero attached hydrogens (tertiary/aromatic N) is 3. The lowest BCUT2D eigenvalue weighted by Gasteiger charge is -2.49. The lowest BCUT2D eigenvalue weighted by molar-refractivity contribution is -0.733. The quantitative estimate of drug-likeness (QED) is 0.524. The van der Waals surface area contributed by atoms with Gasteiger partial charge in [0.25, 0.3) is 6.33 Å². The van der Waals surface area contributed by atoms with Crippen LogP contribution in [0.25, 0.3) is 0 Å². The minimum Gasteiger partial charge on any atom is -0.472 e. The molecule has 26 heavy (non-hydrogen) atoms. The summed E-state index contributed by atoms with van der Waals surface area (Å²) in [6, 6.07) is 13.2. The van der Waals surface area contributed by atoms with E-state index in [1.165, 1.54) is 28.1 Å². The maximum absolute atomic E-state index is 5.53. The number of benzene rings is 1. The summed E-state index contributed by atoms with van der Waals surface area (Å²) in [6.07, 6.45) is 10.2. The molecule has 0 N–H and O–H groups in total. The Morgan fingerprint density at radius 2 is 1.73 bits per heavy atom. The number of furan rings is 2. The molecule has 5 heterocycles. The molecule has 5 nitrogen and oxygen atoms in total. The van der Waals surface area contributed by atoms with E-state index in [0.717, 1.165) is 6.42 Å². The van der Waals surface area contributed by atoms with Crippen LogP contribution >= 0.6 is 0 Å². The summed E-state index contributed by atoms with van der Waals surface area (Å²) in [5.41, 5.74) is 4.92. The molecule has 0 radical (unpaired) electrons. The Kier molecular flexibility index (Phi) is 2.58. The van der Waals surface area contributed by atoms with Crippen LogP contribution < -0.4 is 4.57 Å². The molecular formula is C21H18N3O2+. The third-order valence-corrected chi connectivity index (χ3v) is 6.29. The van der Waals surface area contributed by atoms with Crippen LogP contribution in [-0.2, 0) is 12.5 Å². The Labute approximate surface area is 150 Å². The summed E-state index contributed by atoms with van der Waals surface area (Å²) in [5, 5.41) is 4.58. The SMILES string of the molecule is Cn1nc[n+]2c1[C@@H]1c3ccccc3[C@H]2CC1(c1ccoc1)c1ccoc1. The summed E-state index contributed by atoms with van der Waals surface area (Å²) in [4.78, 5) is 0. The first kappa shape index (κ1) is 14.1. The fraction of sp³-hybridized carbons (Fsp3) is 0.238. The molecule has 0 spiro atoms. The summed E-state index contributed by atoms with van der Waals surface area (Å²) in [7, 11) is 2.03. The van der Waals surface area contributed by atoms with E-state index < -0.39 is 0 Å². The third kappa shape index (κ3) is 1.52. The van der Waals surface area contributed by atoms with E-state index in [1.807, 2.05) is 30.6 Å². The highest BCUT2D eigenvalue weighted by molar-refractivity contribution is 5.52. The van der Waals surface area contributed by atoms with Crippen molar-refractivity contribution in [1.29, 1.82) is 0 Å². The first-order valence-corrected chi connectivity index (χ1v) is 8.88. The van der Waals surface area contributed by atoms with Gasteiger partial charge in [0.05, 0.1) is 38.0 Å². The topological polar surface area (TPSA) is 48.0 Å². The number of hydrogen-bond acceptors (Lipinski definition) is 3. The van der Waals surface area contributed by atoms with Crippen LogP contribution in [0.15, 0.2) is 76.6 Å². The minimum atomic E-state index is -0.229. The van der Waals surface area contributed by atoms with Crippen molar-refractivity contribution in [3.63, 3.8) is 0 Å². The van der Waals surface area contributed by atoms with Crippen molar-refractivity contribution in [3.05, 3.63) is 95.9 Å². The molecule has 3 aromatic heterocycles. The van der Waals surface area contributed by atoms with E-state index in [9.17, 15) is 0 Å². The average molecular weight is 344 g/mol. The molecule has 4 aromatic rings. The second-order valence-electron chi connectivity index (χ2n) is 7.30. The molecule has 0 unspecified atom stereocenters. The van der Waals surface area contributed by atoms with Crippen LogP contribution in [-0.4, -0.2) is 9.78 Å². The highest BCUT2D eigenvalue weighted by Crippen LogP contribution is 2.59. The number of rotatable bonds is 2. The van der Waals surface area contributed by atoms with Crippen LogP contribution in [0.2, 0.25) is 0 Å².